The molecule has 0 aliphatic heterocycles. The Hall–Kier alpha value is -2.07. The smallest absolute Gasteiger partial charge is 0.274 e. The van der Waals surface area contributed by atoms with Gasteiger partial charge >= 0.3 is 0 Å². The maximum Gasteiger partial charge on any atom is 0.274 e. The topological polar surface area (TPSA) is 68.0 Å². The highest BCUT2D eigenvalue weighted by atomic mass is 35.5. The van der Waals surface area contributed by atoms with Crippen LogP contribution in [0.15, 0.2) is 42.6 Å². The Morgan fingerprint density at radius 3 is 2.76 bits per heavy atom. The Morgan fingerprint density at radius 2 is 2.06 bits per heavy atom. The summed E-state index contributed by atoms with van der Waals surface area (Å²) in [5.41, 5.74) is 6.86. The minimum absolute atomic E-state index is 0.255. The lowest BCUT2D eigenvalue weighted by atomic mass is 10.2. The largest absolute Gasteiger partial charge is 0.399 e. The molecule has 1 heterocycles. The molecule has 0 radical (unpaired) electrons. The van der Waals surface area contributed by atoms with E-state index in [0.717, 1.165) is 0 Å². The third-order valence-corrected chi connectivity index (χ3v) is 2.47. The molecule has 0 bridgehead atoms. The van der Waals surface area contributed by atoms with E-state index in [0.29, 0.717) is 16.4 Å². The number of carbonyl (C=O) groups is 1. The highest BCUT2D eigenvalue weighted by Crippen LogP contribution is 2.21. The van der Waals surface area contributed by atoms with E-state index in [2.05, 4.69) is 10.3 Å². The Bertz CT molecular complexity index is 557. The van der Waals surface area contributed by atoms with E-state index in [-0.39, 0.29) is 11.6 Å². The quantitative estimate of drug-likeness (QED) is 0.857. The molecule has 86 valence electrons. The van der Waals surface area contributed by atoms with Crippen LogP contribution in [-0.4, -0.2) is 10.9 Å². The van der Waals surface area contributed by atoms with Gasteiger partial charge in [-0.3, -0.25) is 9.78 Å². The fraction of sp³-hybridized carbons (Fsp3) is 0. The minimum Gasteiger partial charge on any atom is -0.399 e. The van der Waals surface area contributed by atoms with Crippen LogP contribution in [0.5, 0.6) is 0 Å². The summed E-state index contributed by atoms with van der Waals surface area (Å²) in [6, 6.07) is 10.1. The summed E-state index contributed by atoms with van der Waals surface area (Å²) in [5, 5.41) is 3.14. The second-order valence-corrected chi connectivity index (χ2v) is 3.82. The third kappa shape index (κ3) is 2.73. The number of aromatic nitrogens is 1. The number of amides is 1. The average Bonchev–Trinajstić information content (AvgIpc) is 2.32. The summed E-state index contributed by atoms with van der Waals surface area (Å²) in [4.78, 5) is 15.8. The summed E-state index contributed by atoms with van der Waals surface area (Å²) in [7, 11) is 0. The van der Waals surface area contributed by atoms with E-state index in [1.807, 2.05) is 0 Å². The molecule has 3 N–H and O–H groups in total. The molecule has 4 nitrogen and oxygen atoms in total. The number of hydrogen-bond donors (Lipinski definition) is 2. The van der Waals surface area contributed by atoms with Crippen LogP contribution in [0.1, 0.15) is 10.5 Å². The van der Waals surface area contributed by atoms with Crippen molar-refractivity contribution in [3.05, 3.63) is 53.3 Å². The summed E-state index contributed by atoms with van der Waals surface area (Å²) in [5.74, 6) is -0.342. The SMILES string of the molecule is Nc1ccnc(C(=O)Nc2ccccc2Cl)c1. The molecule has 0 saturated carbocycles. The van der Waals surface area contributed by atoms with Crippen LogP contribution >= 0.6 is 11.6 Å². The van der Waals surface area contributed by atoms with Gasteiger partial charge in [-0.25, -0.2) is 0 Å². The number of halogens is 1. The van der Waals surface area contributed by atoms with Crippen molar-refractivity contribution in [1.29, 1.82) is 0 Å². The van der Waals surface area contributed by atoms with Crippen LogP contribution < -0.4 is 11.1 Å². The van der Waals surface area contributed by atoms with Gasteiger partial charge in [-0.15, -0.1) is 0 Å². The predicted octanol–water partition coefficient (Wildman–Crippen LogP) is 2.57. The molecule has 1 amide bonds. The molecule has 0 aliphatic rings. The van der Waals surface area contributed by atoms with Crippen molar-refractivity contribution >= 4 is 28.9 Å². The second kappa shape index (κ2) is 4.84. The number of nitrogen functional groups attached to an aromatic ring is 1. The van der Waals surface area contributed by atoms with Gasteiger partial charge in [0.1, 0.15) is 5.69 Å². The van der Waals surface area contributed by atoms with Gasteiger partial charge < -0.3 is 11.1 Å². The summed E-state index contributed by atoms with van der Waals surface area (Å²) >= 11 is 5.93. The van der Waals surface area contributed by atoms with Gasteiger partial charge in [0.2, 0.25) is 0 Å². The number of anilines is 2. The lowest BCUT2D eigenvalue weighted by Crippen LogP contribution is -2.14. The molecule has 2 rings (SSSR count). The zero-order valence-electron chi connectivity index (χ0n) is 8.85. The molecule has 5 heteroatoms. The maximum absolute atomic E-state index is 11.8. The first kappa shape index (κ1) is 11.4. The van der Waals surface area contributed by atoms with E-state index in [1.165, 1.54) is 12.3 Å². The van der Waals surface area contributed by atoms with Crippen LogP contribution in [0.4, 0.5) is 11.4 Å². The number of hydrogen-bond acceptors (Lipinski definition) is 3. The first-order valence-electron chi connectivity index (χ1n) is 4.94. The van der Waals surface area contributed by atoms with Crippen molar-refractivity contribution in [2.75, 3.05) is 11.1 Å². The van der Waals surface area contributed by atoms with Crippen molar-refractivity contribution < 1.29 is 4.79 Å². The molecule has 0 unspecified atom stereocenters. The van der Waals surface area contributed by atoms with Gasteiger partial charge in [0, 0.05) is 11.9 Å². The number of rotatable bonds is 2. The van der Waals surface area contributed by atoms with Gasteiger partial charge in [0.15, 0.2) is 0 Å². The second-order valence-electron chi connectivity index (χ2n) is 3.41. The average molecular weight is 248 g/mol. The van der Waals surface area contributed by atoms with Crippen LogP contribution in [0.2, 0.25) is 5.02 Å². The standard InChI is InChI=1S/C12H10ClN3O/c13-9-3-1-2-4-10(9)16-12(17)11-7-8(14)5-6-15-11/h1-7H,(H2,14,15)(H,16,17). The Labute approximate surface area is 103 Å². The monoisotopic (exact) mass is 247 g/mol. The van der Waals surface area contributed by atoms with Crippen molar-refractivity contribution in [3.63, 3.8) is 0 Å². The molecule has 17 heavy (non-hydrogen) atoms. The molecule has 2 aromatic rings. The number of nitrogens with zero attached hydrogens (tertiary/aromatic N) is 1. The summed E-state index contributed by atoms with van der Waals surface area (Å²) < 4.78 is 0. The third-order valence-electron chi connectivity index (χ3n) is 2.14. The van der Waals surface area contributed by atoms with Gasteiger partial charge in [0.05, 0.1) is 10.7 Å². The molecular formula is C12H10ClN3O. The van der Waals surface area contributed by atoms with Gasteiger partial charge in [0.25, 0.3) is 5.91 Å². The van der Waals surface area contributed by atoms with E-state index >= 15 is 0 Å². The number of pyridine rings is 1. The van der Waals surface area contributed by atoms with Crippen molar-refractivity contribution in [2.24, 2.45) is 0 Å². The molecule has 0 atom stereocenters. The van der Waals surface area contributed by atoms with Gasteiger partial charge in [-0.1, -0.05) is 23.7 Å². The lowest BCUT2D eigenvalue weighted by Gasteiger charge is -2.06. The Kier molecular flexibility index (Phi) is 3.25. The van der Waals surface area contributed by atoms with E-state index in [4.69, 9.17) is 17.3 Å². The summed E-state index contributed by atoms with van der Waals surface area (Å²) in [6.45, 7) is 0. The summed E-state index contributed by atoms with van der Waals surface area (Å²) in [6.07, 6.45) is 1.48. The van der Waals surface area contributed by atoms with Gasteiger partial charge in [-0.05, 0) is 24.3 Å². The first-order valence-corrected chi connectivity index (χ1v) is 5.32. The highest BCUT2D eigenvalue weighted by Gasteiger charge is 2.09. The van der Waals surface area contributed by atoms with Gasteiger partial charge in [-0.2, -0.15) is 0 Å². The van der Waals surface area contributed by atoms with E-state index in [1.54, 1.807) is 30.3 Å². The minimum atomic E-state index is -0.342. The normalized spacial score (nSPS) is 9.94. The fourth-order valence-electron chi connectivity index (χ4n) is 1.32. The van der Waals surface area contributed by atoms with Crippen LogP contribution in [0, 0.1) is 0 Å². The first-order chi connectivity index (χ1) is 8.16. The van der Waals surface area contributed by atoms with Crippen molar-refractivity contribution in [2.45, 2.75) is 0 Å². The van der Waals surface area contributed by atoms with Crippen molar-refractivity contribution in [3.8, 4) is 0 Å². The van der Waals surface area contributed by atoms with Crippen LogP contribution in [-0.2, 0) is 0 Å². The molecule has 0 aliphatic carbocycles. The molecule has 0 spiro atoms. The molecular weight excluding hydrogens is 238 g/mol. The maximum atomic E-state index is 11.8. The molecule has 1 aromatic carbocycles. The van der Waals surface area contributed by atoms with Crippen LogP contribution in [0.25, 0.3) is 0 Å². The molecule has 0 fully saturated rings. The number of benzene rings is 1. The number of nitrogens with two attached hydrogens (primary N) is 1. The zero-order valence-corrected chi connectivity index (χ0v) is 9.61. The lowest BCUT2D eigenvalue weighted by molar-refractivity contribution is 0.102. The predicted molar refractivity (Wildman–Crippen MR) is 68.1 cm³/mol. The molecule has 1 aromatic heterocycles. The number of para-hydroxylation sites is 1. The number of nitrogens with one attached hydrogen (secondary N) is 1. The van der Waals surface area contributed by atoms with E-state index < -0.39 is 0 Å². The number of carbonyl (C=O) groups excluding carboxylic acids is 1. The Morgan fingerprint density at radius 1 is 1.29 bits per heavy atom. The molecule has 0 saturated heterocycles. The highest BCUT2D eigenvalue weighted by molar-refractivity contribution is 6.33. The Balaban J connectivity index is 2.20. The zero-order chi connectivity index (χ0) is 12.3. The van der Waals surface area contributed by atoms with Crippen molar-refractivity contribution in [1.82, 2.24) is 4.98 Å². The van der Waals surface area contributed by atoms with E-state index in [9.17, 15) is 4.79 Å². The van der Waals surface area contributed by atoms with Crippen LogP contribution in [0.3, 0.4) is 0 Å². The fourth-order valence-corrected chi connectivity index (χ4v) is 1.50.